The Kier molecular flexibility index (Phi) is 6.33. The number of benzene rings is 1. The van der Waals surface area contributed by atoms with Crippen LogP contribution in [0.3, 0.4) is 0 Å². The molecule has 0 fully saturated rings. The summed E-state index contributed by atoms with van der Waals surface area (Å²) in [6.07, 6.45) is 7.44. The van der Waals surface area contributed by atoms with E-state index in [4.69, 9.17) is 0 Å². The number of amides is 1. The molecule has 3 nitrogen and oxygen atoms in total. The molecule has 0 unspecified atom stereocenters. The standard InChI is InChI=1S/C20H26N2O/c1-15(2)6-4-7-16(3)11-13-22-20(23)18-9-10-19-17(14-18)8-5-12-21-19/h5,8-12,14-15H,4,6-7,13H2,1-3H3,(H,22,23). The topological polar surface area (TPSA) is 42.0 Å². The van der Waals surface area contributed by atoms with Crippen LogP contribution in [0.2, 0.25) is 0 Å². The summed E-state index contributed by atoms with van der Waals surface area (Å²) >= 11 is 0. The highest BCUT2D eigenvalue weighted by Gasteiger charge is 2.05. The molecule has 3 heteroatoms. The van der Waals surface area contributed by atoms with E-state index < -0.39 is 0 Å². The Labute approximate surface area is 138 Å². The highest BCUT2D eigenvalue weighted by molar-refractivity contribution is 5.97. The molecule has 1 aromatic carbocycles. The number of rotatable bonds is 7. The van der Waals surface area contributed by atoms with Gasteiger partial charge in [-0.2, -0.15) is 0 Å². The molecule has 0 saturated carbocycles. The second kappa shape index (κ2) is 8.47. The maximum Gasteiger partial charge on any atom is 0.251 e. The Bertz CT molecular complexity index is 689. The third-order valence-corrected chi connectivity index (χ3v) is 3.93. The van der Waals surface area contributed by atoms with Crippen LogP contribution in [0.5, 0.6) is 0 Å². The summed E-state index contributed by atoms with van der Waals surface area (Å²) in [5.74, 6) is 0.715. The minimum absolute atomic E-state index is 0.0398. The van der Waals surface area contributed by atoms with Crippen molar-refractivity contribution in [2.75, 3.05) is 6.54 Å². The van der Waals surface area contributed by atoms with Gasteiger partial charge in [0, 0.05) is 23.7 Å². The molecule has 1 heterocycles. The molecule has 0 aliphatic carbocycles. The van der Waals surface area contributed by atoms with E-state index in [2.05, 4.69) is 37.1 Å². The van der Waals surface area contributed by atoms with Gasteiger partial charge in [0.15, 0.2) is 0 Å². The summed E-state index contributed by atoms with van der Waals surface area (Å²) in [5, 5.41) is 3.94. The molecule has 1 N–H and O–H groups in total. The maximum atomic E-state index is 12.2. The zero-order valence-electron chi connectivity index (χ0n) is 14.3. The molecular formula is C20H26N2O. The molecule has 0 radical (unpaired) electrons. The van der Waals surface area contributed by atoms with Gasteiger partial charge in [-0.1, -0.05) is 38.0 Å². The fourth-order valence-electron chi connectivity index (χ4n) is 2.53. The van der Waals surface area contributed by atoms with Crippen LogP contribution in [0.15, 0.2) is 48.2 Å². The van der Waals surface area contributed by atoms with E-state index >= 15 is 0 Å². The minimum atomic E-state index is -0.0398. The predicted octanol–water partition coefficient (Wildman–Crippen LogP) is 4.74. The number of pyridine rings is 1. The number of carbonyl (C=O) groups is 1. The highest BCUT2D eigenvalue weighted by Crippen LogP contribution is 2.13. The Morgan fingerprint density at radius 2 is 2.13 bits per heavy atom. The van der Waals surface area contributed by atoms with Crippen molar-refractivity contribution < 1.29 is 4.79 Å². The molecule has 1 aromatic heterocycles. The molecule has 23 heavy (non-hydrogen) atoms. The largest absolute Gasteiger partial charge is 0.349 e. The fourth-order valence-corrected chi connectivity index (χ4v) is 2.53. The molecule has 0 atom stereocenters. The summed E-state index contributed by atoms with van der Waals surface area (Å²) in [7, 11) is 0. The second-order valence-electron chi connectivity index (χ2n) is 6.46. The lowest BCUT2D eigenvalue weighted by Gasteiger charge is -2.06. The number of nitrogens with zero attached hydrogens (tertiary/aromatic N) is 1. The van der Waals surface area contributed by atoms with Crippen LogP contribution >= 0.6 is 0 Å². The van der Waals surface area contributed by atoms with E-state index in [1.165, 1.54) is 18.4 Å². The van der Waals surface area contributed by atoms with Gasteiger partial charge in [0.2, 0.25) is 0 Å². The number of hydrogen-bond acceptors (Lipinski definition) is 2. The van der Waals surface area contributed by atoms with Crippen molar-refractivity contribution in [1.29, 1.82) is 0 Å². The number of nitrogens with one attached hydrogen (secondary N) is 1. The smallest absolute Gasteiger partial charge is 0.251 e. The number of allylic oxidation sites excluding steroid dienone is 1. The van der Waals surface area contributed by atoms with Crippen LogP contribution in [0.4, 0.5) is 0 Å². The van der Waals surface area contributed by atoms with Crippen LogP contribution in [0, 0.1) is 5.92 Å². The average Bonchev–Trinajstić information content (AvgIpc) is 2.54. The van der Waals surface area contributed by atoms with E-state index in [1.54, 1.807) is 6.20 Å². The van der Waals surface area contributed by atoms with Crippen LogP contribution in [-0.2, 0) is 0 Å². The van der Waals surface area contributed by atoms with Gasteiger partial charge in [0.25, 0.3) is 5.91 Å². The highest BCUT2D eigenvalue weighted by atomic mass is 16.1. The summed E-state index contributed by atoms with van der Waals surface area (Å²) in [6, 6.07) is 9.45. The first-order valence-electron chi connectivity index (χ1n) is 8.35. The van der Waals surface area contributed by atoms with Gasteiger partial charge >= 0.3 is 0 Å². The van der Waals surface area contributed by atoms with E-state index in [0.29, 0.717) is 12.1 Å². The summed E-state index contributed by atoms with van der Waals surface area (Å²) in [4.78, 5) is 16.5. The predicted molar refractivity (Wildman–Crippen MR) is 96.5 cm³/mol. The molecule has 1 amide bonds. The van der Waals surface area contributed by atoms with Gasteiger partial charge in [0.05, 0.1) is 5.52 Å². The first-order chi connectivity index (χ1) is 11.1. The third kappa shape index (κ3) is 5.51. The van der Waals surface area contributed by atoms with Crippen molar-refractivity contribution in [1.82, 2.24) is 10.3 Å². The van der Waals surface area contributed by atoms with Gasteiger partial charge in [0.1, 0.15) is 0 Å². The molecule has 2 aromatic rings. The van der Waals surface area contributed by atoms with Crippen molar-refractivity contribution in [2.45, 2.75) is 40.0 Å². The van der Waals surface area contributed by atoms with Crippen LogP contribution in [0.25, 0.3) is 10.9 Å². The normalized spacial score (nSPS) is 11.9. The monoisotopic (exact) mass is 310 g/mol. The van der Waals surface area contributed by atoms with Crippen molar-refractivity contribution in [3.05, 3.63) is 53.7 Å². The molecule has 0 aliphatic rings. The average molecular weight is 310 g/mol. The third-order valence-electron chi connectivity index (χ3n) is 3.93. The lowest BCUT2D eigenvalue weighted by Crippen LogP contribution is -2.23. The summed E-state index contributed by atoms with van der Waals surface area (Å²) < 4.78 is 0. The maximum absolute atomic E-state index is 12.2. The molecule has 0 bridgehead atoms. The van der Waals surface area contributed by atoms with Crippen molar-refractivity contribution in [3.8, 4) is 0 Å². The Morgan fingerprint density at radius 1 is 1.30 bits per heavy atom. The molecule has 2 rings (SSSR count). The molecule has 0 spiro atoms. The Morgan fingerprint density at radius 3 is 2.91 bits per heavy atom. The lowest BCUT2D eigenvalue weighted by atomic mass is 10.0. The molecular weight excluding hydrogens is 284 g/mol. The van der Waals surface area contributed by atoms with Crippen LogP contribution in [-0.4, -0.2) is 17.4 Å². The Hall–Kier alpha value is -2.16. The Balaban J connectivity index is 1.86. The summed E-state index contributed by atoms with van der Waals surface area (Å²) in [5.41, 5.74) is 2.93. The lowest BCUT2D eigenvalue weighted by molar-refractivity contribution is 0.0958. The van der Waals surface area contributed by atoms with Crippen molar-refractivity contribution in [2.24, 2.45) is 5.92 Å². The van der Waals surface area contributed by atoms with E-state index in [9.17, 15) is 4.79 Å². The number of carbonyl (C=O) groups excluding carboxylic acids is 1. The van der Waals surface area contributed by atoms with Crippen LogP contribution in [0.1, 0.15) is 50.4 Å². The second-order valence-corrected chi connectivity index (χ2v) is 6.46. The summed E-state index contributed by atoms with van der Waals surface area (Å²) in [6.45, 7) is 7.21. The number of fused-ring (bicyclic) bond motifs is 1. The van der Waals surface area contributed by atoms with E-state index in [1.807, 2.05) is 30.3 Å². The van der Waals surface area contributed by atoms with Gasteiger partial charge in [-0.15, -0.1) is 0 Å². The van der Waals surface area contributed by atoms with E-state index in [0.717, 1.165) is 23.2 Å². The van der Waals surface area contributed by atoms with Gasteiger partial charge < -0.3 is 5.32 Å². The van der Waals surface area contributed by atoms with Gasteiger partial charge in [-0.05, 0) is 49.9 Å². The SMILES string of the molecule is CC(=CCNC(=O)c1ccc2ncccc2c1)CCCC(C)C. The fraction of sp³-hybridized carbons (Fsp3) is 0.400. The van der Waals surface area contributed by atoms with Crippen LogP contribution < -0.4 is 5.32 Å². The quantitative estimate of drug-likeness (QED) is 0.751. The molecule has 0 aliphatic heterocycles. The zero-order chi connectivity index (χ0) is 16.7. The van der Waals surface area contributed by atoms with Crippen molar-refractivity contribution in [3.63, 3.8) is 0 Å². The molecule has 122 valence electrons. The number of hydrogen-bond donors (Lipinski definition) is 1. The van der Waals surface area contributed by atoms with Gasteiger partial charge in [-0.3, -0.25) is 9.78 Å². The van der Waals surface area contributed by atoms with Gasteiger partial charge in [-0.25, -0.2) is 0 Å². The van der Waals surface area contributed by atoms with E-state index in [-0.39, 0.29) is 5.91 Å². The van der Waals surface area contributed by atoms with Crippen molar-refractivity contribution >= 4 is 16.8 Å². The zero-order valence-corrected chi connectivity index (χ0v) is 14.3. The molecule has 0 saturated heterocycles. The first-order valence-corrected chi connectivity index (χ1v) is 8.35. The number of aromatic nitrogens is 1. The first kappa shape index (κ1) is 17.2. The minimum Gasteiger partial charge on any atom is -0.349 e.